The third-order valence-corrected chi connectivity index (χ3v) is 9.05. The standard InChI is InChI=1S/C10H12BrNO4S4/c11-9-8(3-7(19-9)10(13)14)20(15,16)12-4-6-5-17-1-2-18-6/h3,6,12H,1-2,4-5H2,(H,13,14). The van der Waals surface area contributed by atoms with Crippen LogP contribution >= 0.6 is 50.8 Å². The van der Waals surface area contributed by atoms with Gasteiger partial charge in [-0.05, 0) is 22.0 Å². The summed E-state index contributed by atoms with van der Waals surface area (Å²) in [7, 11) is -3.68. The number of thiophene rings is 1. The summed E-state index contributed by atoms with van der Waals surface area (Å²) in [5, 5.41) is 9.15. The summed E-state index contributed by atoms with van der Waals surface area (Å²) in [4.78, 5) is 10.9. The van der Waals surface area contributed by atoms with E-state index in [1.165, 1.54) is 6.07 Å². The smallest absolute Gasteiger partial charge is 0.345 e. The normalized spacial score (nSPS) is 19.9. The van der Waals surface area contributed by atoms with Gasteiger partial charge in [0.25, 0.3) is 0 Å². The molecule has 1 aliphatic rings. The molecule has 2 heterocycles. The molecule has 0 aromatic carbocycles. The van der Waals surface area contributed by atoms with Crippen molar-refractivity contribution < 1.29 is 18.3 Å². The zero-order valence-electron chi connectivity index (χ0n) is 10.2. The van der Waals surface area contributed by atoms with Gasteiger partial charge < -0.3 is 5.11 Å². The quantitative estimate of drug-likeness (QED) is 0.764. The van der Waals surface area contributed by atoms with Crippen molar-refractivity contribution in [2.24, 2.45) is 0 Å². The lowest BCUT2D eigenvalue weighted by molar-refractivity contribution is 0.0702. The van der Waals surface area contributed by atoms with Gasteiger partial charge in [0.15, 0.2) is 0 Å². The van der Waals surface area contributed by atoms with E-state index in [0.29, 0.717) is 10.3 Å². The van der Waals surface area contributed by atoms with Crippen LogP contribution in [-0.2, 0) is 10.0 Å². The number of thioether (sulfide) groups is 2. The van der Waals surface area contributed by atoms with Crippen molar-refractivity contribution in [3.8, 4) is 0 Å². The Bertz CT molecular complexity index is 594. The molecule has 0 aliphatic carbocycles. The Hall–Kier alpha value is 0.260. The Balaban J connectivity index is 2.07. The maximum atomic E-state index is 12.2. The van der Waals surface area contributed by atoms with Crippen molar-refractivity contribution >= 4 is 66.8 Å². The first kappa shape index (κ1) is 16.6. The highest BCUT2D eigenvalue weighted by Crippen LogP contribution is 2.32. The number of carboxylic acids is 1. The first-order valence-electron chi connectivity index (χ1n) is 5.62. The molecule has 1 aromatic heterocycles. The van der Waals surface area contributed by atoms with Crippen LogP contribution in [0.5, 0.6) is 0 Å². The lowest BCUT2D eigenvalue weighted by Crippen LogP contribution is -2.33. The molecule has 0 bridgehead atoms. The van der Waals surface area contributed by atoms with Gasteiger partial charge in [-0.3, -0.25) is 0 Å². The van der Waals surface area contributed by atoms with Crippen LogP contribution in [-0.4, -0.2) is 48.5 Å². The number of aromatic carboxylic acids is 1. The second-order valence-corrected chi connectivity index (χ2v) is 10.6. The van der Waals surface area contributed by atoms with E-state index in [9.17, 15) is 13.2 Å². The highest BCUT2D eigenvalue weighted by Gasteiger charge is 2.24. The van der Waals surface area contributed by atoms with Gasteiger partial charge in [-0.2, -0.15) is 23.5 Å². The molecule has 0 radical (unpaired) electrons. The minimum Gasteiger partial charge on any atom is -0.477 e. The summed E-state index contributed by atoms with van der Waals surface area (Å²) >= 11 is 7.60. The van der Waals surface area contributed by atoms with E-state index in [1.54, 1.807) is 11.8 Å². The Morgan fingerprint density at radius 3 is 2.80 bits per heavy atom. The molecule has 0 spiro atoms. The molecule has 0 amide bonds. The second kappa shape index (κ2) is 7.01. The molecular weight excluding hydrogens is 406 g/mol. The van der Waals surface area contributed by atoms with Crippen LogP contribution in [0.25, 0.3) is 0 Å². The number of carbonyl (C=O) groups is 1. The number of hydrogen-bond donors (Lipinski definition) is 2. The third-order valence-electron chi connectivity index (χ3n) is 2.54. The van der Waals surface area contributed by atoms with Gasteiger partial charge in [0.05, 0.1) is 3.79 Å². The molecule has 1 aliphatic heterocycles. The lowest BCUT2D eigenvalue weighted by atomic mass is 10.5. The van der Waals surface area contributed by atoms with E-state index in [-0.39, 0.29) is 15.0 Å². The van der Waals surface area contributed by atoms with Gasteiger partial charge in [0.2, 0.25) is 10.0 Å². The molecule has 1 aromatic rings. The molecule has 5 nitrogen and oxygen atoms in total. The fourth-order valence-corrected chi connectivity index (χ4v) is 7.78. The Morgan fingerprint density at radius 1 is 1.50 bits per heavy atom. The summed E-state index contributed by atoms with van der Waals surface area (Å²) in [6.07, 6.45) is 0. The van der Waals surface area contributed by atoms with Gasteiger partial charge in [0.1, 0.15) is 9.77 Å². The van der Waals surface area contributed by atoms with Crippen LogP contribution in [0.4, 0.5) is 0 Å². The SMILES string of the molecule is O=C(O)c1cc(S(=O)(=O)NCC2CSCCS2)c(Br)s1. The second-order valence-electron chi connectivity index (χ2n) is 3.97. The predicted molar refractivity (Wildman–Crippen MR) is 87.7 cm³/mol. The zero-order valence-corrected chi connectivity index (χ0v) is 15.0. The summed E-state index contributed by atoms with van der Waals surface area (Å²) in [6.45, 7) is 0.366. The predicted octanol–water partition coefficient (Wildman–Crippen LogP) is 2.34. The van der Waals surface area contributed by atoms with Gasteiger partial charge in [-0.25, -0.2) is 17.9 Å². The van der Waals surface area contributed by atoms with E-state index in [1.807, 2.05) is 11.8 Å². The molecule has 10 heteroatoms. The average Bonchev–Trinajstić information content (AvgIpc) is 2.81. The maximum Gasteiger partial charge on any atom is 0.345 e. The van der Waals surface area contributed by atoms with Crippen LogP contribution in [0.1, 0.15) is 9.67 Å². The molecule has 112 valence electrons. The fourth-order valence-electron chi connectivity index (χ4n) is 1.58. The number of hydrogen-bond acceptors (Lipinski definition) is 6. The molecule has 1 fully saturated rings. The van der Waals surface area contributed by atoms with Crippen LogP contribution in [0, 0.1) is 0 Å². The summed E-state index contributed by atoms with van der Waals surface area (Å²) in [5.74, 6) is 1.93. The van der Waals surface area contributed by atoms with Crippen molar-refractivity contribution in [2.45, 2.75) is 10.1 Å². The summed E-state index contributed by atoms with van der Waals surface area (Å²) < 4.78 is 27.2. The largest absolute Gasteiger partial charge is 0.477 e. The number of sulfonamides is 1. The molecule has 1 unspecified atom stereocenters. The minimum absolute atomic E-state index is 0.000142. The maximum absolute atomic E-state index is 12.2. The minimum atomic E-state index is -3.68. The van der Waals surface area contributed by atoms with E-state index < -0.39 is 16.0 Å². The molecule has 2 N–H and O–H groups in total. The van der Waals surface area contributed by atoms with E-state index in [2.05, 4.69) is 20.7 Å². The van der Waals surface area contributed by atoms with Crippen molar-refractivity contribution in [2.75, 3.05) is 23.8 Å². The van der Waals surface area contributed by atoms with Crippen molar-refractivity contribution in [1.29, 1.82) is 0 Å². The van der Waals surface area contributed by atoms with Crippen LogP contribution in [0.15, 0.2) is 14.7 Å². The molecule has 1 saturated heterocycles. The fraction of sp³-hybridized carbons (Fsp3) is 0.500. The Labute approximate surface area is 138 Å². The Morgan fingerprint density at radius 2 is 2.25 bits per heavy atom. The molecule has 2 rings (SSSR count). The van der Waals surface area contributed by atoms with Crippen LogP contribution in [0.2, 0.25) is 0 Å². The van der Waals surface area contributed by atoms with Gasteiger partial charge >= 0.3 is 5.97 Å². The molecule has 1 atom stereocenters. The number of nitrogens with one attached hydrogen (secondary N) is 1. The first-order valence-corrected chi connectivity index (χ1v) is 10.9. The van der Waals surface area contributed by atoms with E-state index in [4.69, 9.17) is 5.11 Å². The topological polar surface area (TPSA) is 83.5 Å². The average molecular weight is 418 g/mol. The number of halogens is 1. The Kier molecular flexibility index (Phi) is 5.83. The van der Waals surface area contributed by atoms with Crippen molar-refractivity contribution in [3.05, 3.63) is 14.7 Å². The van der Waals surface area contributed by atoms with Gasteiger partial charge in [-0.15, -0.1) is 11.3 Å². The number of rotatable bonds is 5. The molecule has 0 saturated carbocycles. The van der Waals surface area contributed by atoms with E-state index in [0.717, 1.165) is 28.6 Å². The van der Waals surface area contributed by atoms with Gasteiger partial charge in [-0.1, -0.05) is 0 Å². The van der Waals surface area contributed by atoms with Crippen molar-refractivity contribution in [1.82, 2.24) is 4.72 Å². The van der Waals surface area contributed by atoms with Gasteiger partial charge in [0, 0.05) is 29.1 Å². The van der Waals surface area contributed by atoms with E-state index >= 15 is 0 Å². The van der Waals surface area contributed by atoms with Crippen LogP contribution < -0.4 is 4.72 Å². The summed E-state index contributed by atoms with van der Waals surface area (Å²) in [5.41, 5.74) is 0. The summed E-state index contributed by atoms with van der Waals surface area (Å²) in [6, 6.07) is 1.18. The monoisotopic (exact) mass is 417 g/mol. The molecule has 20 heavy (non-hydrogen) atoms. The van der Waals surface area contributed by atoms with Crippen LogP contribution in [0.3, 0.4) is 0 Å². The number of carboxylic acid groups (broad SMARTS) is 1. The first-order chi connectivity index (χ1) is 9.40. The lowest BCUT2D eigenvalue weighted by Gasteiger charge is -2.20. The third kappa shape index (κ3) is 4.14. The van der Waals surface area contributed by atoms with Crippen molar-refractivity contribution in [3.63, 3.8) is 0 Å². The zero-order chi connectivity index (χ0) is 14.8. The molecular formula is C10H12BrNO4S4. The highest BCUT2D eigenvalue weighted by molar-refractivity contribution is 9.11. The highest BCUT2D eigenvalue weighted by atomic mass is 79.9.